The van der Waals surface area contributed by atoms with Crippen LogP contribution >= 0.6 is 7.94 Å². The van der Waals surface area contributed by atoms with E-state index in [0.29, 0.717) is 11.5 Å². The van der Waals surface area contributed by atoms with Crippen LogP contribution in [0.4, 0.5) is 0 Å². The van der Waals surface area contributed by atoms with Gasteiger partial charge in [0.15, 0.2) is 0 Å². The molecule has 0 saturated carbocycles. The first-order valence-corrected chi connectivity index (χ1v) is 15.2. The van der Waals surface area contributed by atoms with Gasteiger partial charge in [-0.05, 0) is 75.8 Å². The van der Waals surface area contributed by atoms with Crippen molar-refractivity contribution in [2.45, 2.75) is 126 Å². The van der Waals surface area contributed by atoms with E-state index in [0.717, 1.165) is 22.3 Å². The van der Waals surface area contributed by atoms with Crippen LogP contribution in [0.5, 0.6) is 11.5 Å². The summed E-state index contributed by atoms with van der Waals surface area (Å²) < 4.78 is 0. The zero-order chi connectivity index (χ0) is 30.7. The van der Waals surface area contributed by atoms with Crippen LogP contribution in [0.15, 0.2) is 24.3 Å². The zero-order valence-corrected chi connectivity index (χ0v) is 27.6. The standard InChI is InChI=1S/2C15H24O.C2H8O3P/c2*1-10-8-11(14(2,3)4)9-12(13(10)16)15(5,6)7;1-2-6(3,4)5/h2*8-9,16H,1-7H3;3-5H,2H2,1H3/q;;+1. The lowest BCUT2D eigenvalue weighted by atomic mass is 9.79. The van der Waals surface area contributed by atoms with E-state index in [4.69, 9.17) is 14.7 Å². The Hall–Kier alpha value is -1.65. The normalized spacial score (nSPS) is 12.8. The van der Waals surface area contributed by atoms with Gasteiger partial charge in [0.05, 0.1) is 0 Å². The van der Waals surface area contributed by atoms with E-state index < -0.39 is 7.94 Å². The molecule has 0 amide bonds. The Balaban J connectivity index is 0.000000596. The highest BCUT2D eigenvalue weighted by atomic mass is 31.2. The highest BCUT2D eigenvalue weighted by Crippen LogP contribution is 2.43. The quantitative estimate of drug-likeness (QED) is 0.229. The number of hydrogen-bond acceptors (Lipinski definition) is 5. The van der Waals surface area contributed by atoms with E-state index in [1.54, 1.807) is 0 Å². The smallest absolute Gasteiger partial charge is 0.403 e. The molecule has 0 bridgehead atoms. The summed E-state index contributed by atoms with van der Waals surface area (Å²) in [5, 5.41) is 20.2. The van der Waals surface area contributed by atoms with E-state index in [9.17, 15) is 10.2 Å². The molecule has 38 heavy (non-hydrogen) atoms. The van der Waals surface area contributed by atoms with Crippen molar-refractivity contribution in [3.63, 3.8) is 0 Å². The molecule has 0 aromatic heterocycles. The largest absolute Gasteiger partial charge is 0.507 e. The fraction of sp³-hybridized carbons (Fsp3) is 0.625. The van der Waals surface area contributed by atoms with Gasteiger partial charge in [-0.2, -0.15) is 14.7 Å². The van der Waals surface area contributed by atoms with Crippen LogP contribution in [-0.4, -0.2) is 31.1 Å². The number of rotatable bonds is 1. The molecule has 0 fully saturated rings. The van der Waals surface area contributed by atoms with Gasteiger partial charge in [-0.1, -0.05) is 107 Å². The Kier molecular flexibility index (Phi) is 12.1. The molecule has 2 aromatic rings. The van der Waals surface area contributed by atoms with Crippen LogP contribution in [-0.2, 0) is 21.7 Å². The topological polar surface area (TPSA) is 101 Å². The van der Waals surface area contributed by atoms with Crippen LogP contribution in [0.1, 0.15) is 123 Å². The van der Waals surface area contributed by atoms with Crippen molar-refractivity contribution in [2.75, 3.05) is 6.16 Å². The Morgan fingerprint density at radius 1 is 0.526 bits per heavy atom. The van der Waals surface area contributed by atoms with Crippen LogP contribution in [0.2, 0.25) is 0 Å². The first kappa shape index (κ1) is 36.4. The van der Waals surface area contributed by atoms with Gasteiger partial charge >= 0.3 is 7.94 Å². The van der Waals surface area contributed by atoms with Crippen molar-refractivity contribution in [1.29, 1.82) is 0 Å². The molecule has 0 aliphatic heterocycles. The van der Waals surface area contributed by atoms with Gasteiger partial charge in [-0.15, -0.1) is 0 Å². The molecule has 5 nitrogen and oxygen atoms in total. The van der Waals surface area contributed by atoms with E-state index in [1.807, 2.05) is 13.8 Å². The van der Waals surface area contributed by atoms with Crippen molar-refractivity contribution in [1.82, 2.24) is 0 Å². The van der Waals surface area contributed by atoms with Gasteiger partial charge in [0.2, 0.25) is 0 Å². The molecule has 0 saturated heterocycles. The molecule has 0 radical (unpaired) electrons. The maximum atomic E-state index is 10.1. The van der Waals surface area contributed by atoms with E-state index in [-0.39, 0.29) is 27.8 Å². The minimum absolute atomic E-state index is 0.0178. The lowest BCUT2D eigenvalue weighted by Crippen LogP contribution is -2.17. The van der Waals surface area contributed by atoms with Gasteiger partial charge in [0.1, 0.15) is 17.7 Å². The highest BCUT2D eigenvalue weighted by Gasteiger charge is 2.25. The van der Waals surface area contributed by atoms with Crippen molar-refractivity contribution in [2.24, 2.45) is 0 Å². The average molecular weight is 552 g/mol. The van der Waals surface area contributed by atoms with Crippen molar-refractivity contribution < 1.29 is 24.9 Å². The molecule has 2 rings (SSSR count). The van der Waals surface area contributed by atoms with Crippen LogP contribution in [0.3, 0.4) is 0 Å². The third-order valence-electron chi connectivity index (χ3n) is 6.37. The molecule has 2 aromatic carbocycles. The molecule has 218 valence electrons. The Bertz CT molecular complexity index is 975. The minimum atomic E-state index is -3.40. The summed E-state index contributed by atoms with van der Waals surface area (Å²) in [7, 11) is -3.40. The number of aryl methyl sites for hydroxylation is 2. The number of aromatic hydroxyl groups is 2. The monoisotopic (exact) mass is 551 g/mol. The maximum Gasteiger partial charge on any atom is 0.403 e. The maximum absolute atomic E-state index is 10.1. The van der Waals surface area contributed by atoms with Crippen molar-refractivity contribution in [3.05, 3.63) is 57.6 Å². The second-order valence-corrected chi connectivity index (χ2v) is 16.4. The van der Waals surface area contributed by atoms with Crippen molar-refractivity contribution >= 4 is 7.94 Å². The second-order valence-electron chi connectivity index (χ2n) is 14.4. The second kappa shape index (κ2) is 12.7. The first-order valence-electron chi connectivity index (χ1n) is 13.4. The van der Waals surface area contributed by atoms with Gasteiger partial charge in [0, 0.05) is 0 Å². The van der Waals surface area contributed by atoms with Gasteiger partial charge in [-0.3, -0.25) is 0 Å². The molecular weight excluding hydrogens is 495 g/mol. The van der Waals surface area contributed by atoms with E-state index in [2.05, 4.69) is 107 Å². The van der Waals surface area contributed by atoms with Gasteiger partial charge < -0.3 is 10.2 Å². The molecule has 0 heterocycles. The molecule has 0 atom stereocenters. The predicted octanol–water partition coefficient (Wildman–Crippen LogP) is 8.34. The van der Waals surface area contributed by atoms with Crippen LogP contribution < -0.4 is 0 Å². The molecular formula is C32H56O5P+. The molecule has 0 aliphatic rings. The molecule has 0 spiro atoms. The van der Waals surface area contributed by atoms with Gasteiger partial charge in [-0.25, -0.2) is 0 Å². The summed E-state index contributed by atoms with van der Waals surface area (Å²) in [4.78, 5) is 24.1. The molecule has 0 unspecified atom stereocenters. The van der Waals surface area contributed by atoms with Crippen molar-refractivity contribution in [3.8, 4) is 11.5 Å². The van der Waals surface area contributed by atoms with E-state index in [1.165, 1.54) is 18.1 Å². The minimum Gasteiger partial charge on any atom is -0.507 e. The molecule has 6 heteroatoms. The third-order valence-corrected chi connectivity index (χ3v) is 7.22. The molecule has 5 N–H and O–H groups in total. The predicted molar refractivity (Wildman–Crippen MR) is 165 cm³/mol. The van der Waals surface area contributed by atoms with Gasteiger partial charge in [0.25, 0.3) is 0 Å². The Labute approximate surface area is 233 Å². The van der Waals surface area contributed by atoms with E-state index >= 15 is 0 Å². The average Bonchev–Trinajstić information content (AvgIpc) is 2.68. The number of hydrogen-bond donors (Lipinski definition) is 5. The SMILES string of the molecule is CC[P+](O)(O)O.Cc1cc(C(C)(C)C)cc(C(C)(C)C)c1O.Cc1cc(C(C)(C)C)cc(C(C)(C)C)c1O. The lowest BCUT2D eigenvalue weighted by molar-refractivity contribution is 0.332. The fourth-order valence-electron chi connectivity index (χ4n) is 3.57. The molecule has 0 aliphatic carbocycles. The summed E-state index contributed by atoms with van der Waals surface area (Å²) in [6, 6.07) is 8.46. The first-order chi connectivity index (χ1) is 16.6. The number of benzene rings is 2. The number of phenolic OH excluding ortho intramolecular Hbond substituents is 2. The number of phenols is 2. The summed E-state index contributed by atoms with van der Waals surface area (Å²) in [6.07, 6.45) is 0.0486. The van der Waals surface area contributed by atoms with Crippen LogP contribution in [0.25, 0.3) is 0 Å². The van der Waals surface area contributed by atoms with Crippen LogP contribution in [0, 0.1) is 13.8 Å². The summed E-state index contributed by atoms with van der Waals surface area (Å²) >= 11 is 0. The Morgan fingerprint density at radius 2 is 0.763 bits per heavy atom. The summed E-state index contributed by atoms with van der Waals surface area (Å²) in [6.45, 7) is 31.4. The highest BCUT2D eigenvalue weighted by molar-refractivity contribution is 7.58. The Morgan fingerprint density at radius 3 is 0.921 bits per heavy atom. The fourth-order valence-corrected chi connectivity index (χ4v) is 3.57. The summed E-state index contributed by atoms with van der Waals surface area (Å²) in [5.41, 5.74) is 6.80. The zero-order valence-electron chi connectivity index (χ0n) is 26.7. The lowest BCUT2D eigenvalue weighted by Gasteiger charge is -2.27. The summed E-state index contributed by atoms with van der Waals surface area (Å²) in [5.74, 6) is 0.890. The third kappa shape index (κ3) is 11.6.